The second kappa shape index (κ2) is 7.55. The summed E-state index contributed by atoms with van der Waals surface area (Å²) in [6, 6.07) is 0. The molecule has 0 saturated carbocycles. The van der Waals surface area contributed by atoms with E-state index in [-0.39, 0.29) is 25.1 Å². The molecular weight excluding hydrogens is 288 g/mol. The van der Waals surface area contributed by atoms with Crippen molar-refractivity contribution in [2.45, 2.75) is 77.3 Å². The van der Waals surface area contributed by atoms with Crippen molar-refractivity contribution in [3.63, 3.8) is 0 Å². The van der Waals surface area contributed by atoms with Gasteiger partial charge in [0, 0.05) is 6.61 Å². The Labute approximate surface area is 133 Å². The molecule has 0 aliphatic carbocycles. The van der Waals surface area contributed by atoms with Crippen molar-refractivity contribution in [1.82, 2.24) is 0 Å². The van der Waals surface area contributed by atoms with Gasteiger partial charge in [-0.3, -0.25) is 0 Å². The first kappa shape index (κ1) is 18.1. The van der Waals surface area contributed by atoms with Crippen molar-refractivity contribution in [3.05, 3.63) is 0 Å². The first-order valence-electron chi connectivity index (χ1n) is 8.16. The van der Waals surface area contributed by atoms with Gasteiger partial charge in [0.2, 0.25) is 0 Å². The summed E-state index contributed by atoms with van der Waals surface area (Å²) >= 11 is 0. The van der Waals surface area contributed by atoms with E-state index in [1.54, 1.807) is 0 Å². The molecule has 0 aromatic carbocycles. The van der Waals surface area contributed by atoms with E-state index in [1.807, 2.05) is 27.7 Å². The fourth-order valence-electron chi connectivity index (χ4n) is 2.53. The van der Waals surface area contributed by atoms with Crippen molar-refractivity contribution in [1.29, 1.82) is 0 Å². The number of ether oxygens (including phenoxy) is 6. The summed E-state index contributed by atoms with van der Waals surface area (Å²) in [5, 5.41) is 0. The van der Waals surface area contributed by atoms with Crippen LogP contribution in [0.3, 0.4) is 0 Å². The summed E-state index contributed by atoms with van der Waals surface area (Å²) in [7, 11) is 0. The third-order valence-electron chi connectivity index (χ3n) is 3.86. The van der Waals surface area contributed by atoms with E-state index in [0.717, 1.165) is 12.8 Å². The summed E-state index contributed by atoms with van der Waals surface area (Å²) in [5.74, 6) is -1.27. The summed E-state index contributed by atoms with van der Waals surface area (Å²) in [4.78, 5) is 0. The molecule has 2 saturated heterocycles. The third-order valence-corrected chi connectivity index (χ3v) is 3.86. The largest absolute Gasteiger partial charge is 0.373 e. The molecule has 2 fully saturated rings. The molecule has 0 amide bonds. The Kier molecular flexibility index (Phi) is 6.22. The number of hydrogen-bond acceptors (Lipinski definition) is 6. The van der Waals surface area contributed by atoms with E-state index in [9.17, 15) is 0 Å². The quantitative estimate of drug-likeness (QED) is 0.726. The highest BCUT2D eigenvalue weighted by Crippen LogP contribution is 2.29. The highest BCUT2D eigenvalue weighted by atomic mass is 16.8. The molecule has 0 bridgehead atoms. The smallest absolute Gasteiger partial charge is 0.165 e. The molecule has 0 aromatic rings. The van der Waals surface area contributed by atoms with E-state index < -0.39 is 11.6 Å². The van der Waals surface area contributed by atoms with Crippen molar-refractivity contribution in [2.24, 2.45) is 0 Å². The number of hydrogen-bond donors (Lipinski definition) is 0. The molecule has 0 spiro atoms. The van der Waals surface area contributed by atoms with E-state index in [1.165, 1.54) is 0 Å². The van der Waals surface area contributed by atoms with Crippen LogP contribution in [0.1, 0.15) is 47.5 Å². The number of unbranched alkanes of at least 4 members (excludes halogenated alkanes) is 1. The zero-order valence-corrected chi connectivity index (χ0v) is 14.4. The molecule has 3 atom stereocenters. The molecule has 2 heterocycles. The predicted molar refractivity (Wildman–Crippen MR) is 80.4 cm³/mol. The van der Waals surface area contributed by atoms with E-state index in [0.29, 0.717) is 19.8 Å². The maximum atomic E-state index is 6.00. The van der Waals surface area contributed by atoms with Gasteiger partial charge in [-0.25, -0.2) is 0 Å². The van der Waals surface area contributed by atoms with Gasteiger partial charge in [0.1, 0.15) is 18.3 Å². The minimum atomic E-state index is -0.677. The summed E-state index contributed by atoms with van der Waals surface area (Å²) in [5.41, 5.74) is 0. The normalized spacial score (nSPS) is 35.0. The van der Waals surface area contributed by atoms with Gasteiger partial charge in [0.05, 0.1) is 13.2 Å². The predicted octanol–water partition coefficient (Wildman–Crippen LogP) is 2.45. The third kappa shape index (κ3) is 5.15. The highest BCUT2D eigenvalue weighted by molar-refractivity contribution is 4.85. The van der Waals surface area contributed by atoms with Gasteiger partial charge >= 0.3 is 0 Å². The average molecular weight is 318 g/mol. The molecule has 2 aliphatic rings. The lowest BCUT2D eigenvalue weighted by Crippen LogP contribution is -2.50. The monoisotopic (exact) mass is 318 g/mol. The fourth-order valence-corrected chi connectivity index (χ4v) is 2.53. The molecule has 0 aromatic heterocycles. The van der Waals surface area contributed by atoms with Crippen molar-refractivity contribution >= 4 is 0 Å². The summed E-state index contributed by atoms with van der Waals surface area (Å²) in [6.45, 7) is 11.4. The molecule has 0 radical (unpaired) electrons. The highest BCUT2D eigenvalue weighted by Gasteiger charge is 2.43. The van der Waals surface area contributed by atoms with Crippen LogP contribution < -0.4 is 0 Å². The molecule has 1 unspecified atom stereocenters. The van der Waals surface area contributed by atoms with Crippen LogP contribution in [-0.4, -0.2) is 56.5 Å². The average Bonchev–Trinajstić information content (AvgIpc) is 2.78. The van der Waals surface area contributed by atoms with Crippen LogP contribution in [0.2, 0.25) is 0 Å². The van der Waals surface area contributed by atoms with Gasteiger partial charge < -0.3 is 28.4 Å². The Morgan fingerprint density at radius 2 is 1.73 bits per heavy atom. The maximum Gasteiger partial charge on any atom is 0.165 e. The SMILES string of the molecule is CCCCO[C@H]1COC(C)(C)OCO[C@@H]1C1COC(C)(C)O1. The lowest BCUT2D eigenvalue weighted by Gasteiger charge is -2.37. The summed E-state index contributed by atoms with van der Waals surface area (Å²) < 4.78 is 34.9. The molecular formula is C16H30O6. The van der Waals surface area contributed by atoms with Crippen LogP contribution in [0, 0.1) is 0 Å². The minimum absolute atomic E-state index is 0.144. The van der Waals surface area contributed by atoms with Gasteiger partial charge in [-0.15, -0.1) is 0 Å². The Hall–Kier alpha value is -0.240. The molecule has 130 valence electrons. The minimum Gasteiger partial charge on any atom is -0.373 e. The van der Waals surface area contributed by atoms with E-state index in [2.05, 4.69) is 6.92 Å². The van der Waals surface area contributed by atoms with Crippen LogP contribution in [0.5, 0.6) is 0 Å². The van der Waals surface area contributed by atoms with Gasteiger partial charge in [-0.05, 0) is 34.1 Å². The molecule has 2 aliphatic heterocycles. The van der Waals surface area contributed by atoms with Gasteiger partial charge in [0.25, 0.3) is 0 Å². The van der Waals surface area contributed by atoms with Gasteiger partial charge in [-0.1, -0.05) is 13.3 Å². The first-order valence-corrected chi connectivity index (χ1v) is 8.16. The fraction of sp³-hybridized carbons (Fsp3) is 1.00. The second-order valence-corrected chi connectivity index (χ2v) is 6.73. The van der Waals surface area contributed by atoms with Crippen molar-refractivity contribution in [2.75, 3.05) is 26.6 Å². The topological polar surface area (TPSA) is 55.4 Å². The van der Waals surface area contributed by atoms with Crippen LogP contribution in [0.15, 0.2) is 0 Å². The van der Waals surface area contributed by atoms with Crippen molar-refractivity contribution < 1.29 is 28.4 Å². The molecule has 6 heteroatoms. The standard InChI is InChI=1S/C16H30O6/c1-6-7-8-17-12-9-19-15(2,3)21-11-18-14(12)13-10-20-16(4,5)22-13/h12-14H,6-11H2,1-5H3/t12-,13?,14-/m0/s1. The van der Waals surface area contributed by atoms with Gasteiger partial charge in [-0.2, -0.15) is 0 Å². The molecule has 0 N–H and O–H groups in total. The van der Waals surface area contributed by atoms with Gasteiger partial charge in [0.15, 0.2) is 18.4 Å². The number of rotatable bonds is 5. The zero-order valence-electron chi connectivity index (χ0n) is 14.4. The molecule has 22 heavy (non-hydrogen) atoms. The zero-order chi connectivity index (χ0) is 16.2. The lowest BCUT2D eigenvalue weighted by molar-refractivity contribution is -0.311. The second-order valence-electron chi connectivity index (χ2n) is 6.73. The summed E-state index contributed by atoms with van der Waals surface area (Å²) in [6.07, 6.45) is 1.45. The lowest BCUT2D eigenvalue weighted by atomic mass is 10.1. The van der Waals surface area contributed by atoms with Crippen molar-refractivity contribution in [3.8, 4) is 0 Å². The maximum absolute atomic E-state index is 6.00. The van der Waals surface area contributed by atoms with Crippen LogP contribution in [0.4, 0.5) is 0 Å². The Morgan fingerprint density at radius 1 is 1.00 bits per heavy atom. The van der Waals surface area contributed by atoms with Crippen LogP contribution >= 0.6 is 0 Å². The Bertz CT molecular complexity index is 344. The molecule has 6 nitrogen and oxygen atoms in total. The van der Waals surface area contributed by atoms with Crippen LogP contribution in [0.25, 0.3) is 0 Å². The molecule has 2 rings (SSSR count). The first-order chi connectivity index (χ1) is 10.3. The Morgan fingerprint density at radius 3 is 2.36 bits per heavy atom. The Balaban J connectivity index is 2.01. The van der Waals surface area contributed by atoms with Crippen LogP contribution in [-0.2, 0) is 28.4 Å². The van der Waals surface area contributed by atoms with E-state index in [4.69, 9.17) is 28.4 Å². The van der Waals surface area contributed by atoms with E-state index >= 15 is 0 Å².